The van der Waals surface area contributed by atoms with Gasteiger partial charge in [0.15, 0.2) is 0 Å². The second-order valence-corrected chi connectivity index (χ2v) is 11.6. The number of esters is 1. The summed E-state index contributed by atoms with van der Waals surface area (Å²) in [5.41, 5.74) is 3.06. The first-order chi connectivity index (χ1) is 9.66. The summed E-state index contributed by atoms with van der Waals surface area (Å²) in [6, 6.07) is 3.66. The molecule has 0 saturated carbocycles. The molecule has 0 aliphatic rings. The Morgan fingerprint density at radius 2 is 1.48 bits per heavy atom. The monoisotopic (exact) mass is 308 g/mol. The van der Waals surface area contributed by atoms with Gasteiger partial charge in [0.1, 0.15) is 0 Å². The third kappa shape index (κ3) is 10.3. The van der Waals surface area contributed by atoms with Crippen LogP contribution in [0.25, 0.3) is 0 Å². The van der Waals surface area contributed by atoms with Crippen LogP contribution in [-0.4, -0.2) is 20.7 Å². The van der Waals surface area contributed by atoms with Crippen molar-refractivity contribution in [1.29, 1.82) is 0 Å². The minimum atomic E-state index is -1.30. The van der Waals surface area contributed by atoms with E-state index in [0.717, 1.165) is 12.8 Å². The van der Waals surface area contributed by atoms with E-state index < -0.39 is 8.07 Å². The Bertz CT molecular complexity index is 380. The van der Waals surface area contributed by atoms with E-state index >= 15 is 0 Å². The molecular weight excluding hydrogens is 276 g/mol. The van der Waals surface area contributed by atoms with E-state index in [1.165, 1.54) is 35.7 Å². The minimum Gasteiger partial charge on any atom is -0.462 e. The van der Waals surface area contributed by atoms with E-state index in [9.17, 15) is 4.79 Å². The van der Waals surface area contributed by atoms with E-state index in [4.69, 9.17) is 4.74 Å². The maximum atomic E-state index is 11.2. The van der Waals surface area contributed by atoms with Crippen molar-refractivity contribution >= 4 is 14.0 Å². The number of rotatable bonds is 11. The highest BCUT2D eigenvalue weighted by molar-refractivity contribution is 6.79. The Hall–Kier alpha value is -1.09. The summed E-state index contributed by atoms with van der Waals surface area (Å²) >= 11 is 0. The van der Waals surface area contributed by atoms with Crippen molar-refractivity contribution in [1.82, 2.24) is 0 Å². The fourth-order valence-corrected chi connectivity index (χ4v) is 7.31. The van der Waals surface area contributed by atoms with E-state index in [2.05, 4.69) is 40.1 Å². The molecule has 0 atom stereocenters. The third-order valence-electron chi connectivity index (χ3n) is 3.46. The quantitative estimate of drug-likeness (QED) is 0.165. The lowest BCUT2D eigenvalue weighted by molar-refractivity contribution is -0.139. The zero-order valence-electron chi connectivity index (χ0n) is 14.4. The van der Waals surface area contributed by atoms with E-state index in [1.807, 2.05) is 0 Å². The molecule has 0 aliphatic heterocycles. The molecule has 0 radical (unpaired) electrons. The number of carbonyl (C=O) groups excluding carboxylic acids is 1. The molecule has 0 heterocycles. The Morgan fingerprint density at radius 3 is 1.90 bits per heavy atom. The van der Waals surface area contributed by atoms with Crippen LogP contribution in [0.1, 0.15) is 40.0 Å². The number of hydrogen-bond acceptors (Lipinski definition) is 2. The molecular formula is C18H32O2Si. The lowest BCUT2D eigenvalue weighted by atomic mass is 10.2. The highest BCUT2D eigenvalue weighted by Crippen LogP contribution is 2.29. The van der Waals surface area contributed by atoms with Crippen molar-refractivity contribution in [2.75, 3.05) is 6.61 Å². The number of allylic oxidation sites excluding steroid dienone is 2. The smallest absolute Gasteiger partial charge is 0.333 e. The van der Waals surface area contributed by atoms with Gasteiger partial charge in [-0.2, -0.15) is 0 Å². The number of unbranched alkanes of at least 4 members (excludes halogenated alkanes) is 2. The average Bonchev–Trinajstić information content (AvgIpc) is 2.30. The van der Waals surface area contributed by atoms with Gasteiger partial charge in [-0.1, -0.05) is 43.2 Å². The van der Waals surface area contributed by atoms with Crippen LogP contribution in [0.3, 0.4) is 0 Å². The van der Waals surface area contributed by atoms with Crippen LogP contribution in [0.5, 0.6) is 0 Å². The molecule has 0 amide bonds. The van der Waals surface area contributed by atoms with Gasteiger partial charge in [0.05, 0.1) is 14.7 Å². The van der Waals surface area contributed by atoms with E-state index in [1.54, 1.807) is 6.92 Å². The molecule has 0 saturated heterocycles. The molecule has 0 bridgehead atoms. The first-order valence-corrected chi connectivity index (χ1v) is 10.9. The van der Waals surface area contributed by atoms with E-state index in [-0.39, 0.29) is 5.97 Å². The van der Waals surface area contributed by atoms with Gasteiger partial charge in [0, 0.05) is 5.57 Å². The van der Waals surface area contributed by atoms with Gasteiger partial charge in [-0.3, -0.25) is 0 Å². The molecule has 0 aromatic heterocycles. The van der Waals surface area contributed by atoms with Gasteiger partial charge >= 0.3 is 5.97 Å². The van der Waals surface area contributed by atoms with Crippen molar-refractivity contribution in [3.63, 3.8) is 0 Å². The SMILES string of the molecule is C=C(C)C[Si](C)(CCCCCOC(=O)C(=C)C)CC(=C)C. The Morgan fingerprint density at radius 1 is 0.952 bits per heavy atom. The highest BCUT2D eigenvalue weighted by atomic mass is 28.3. The Kier molecular flexibility index (Phi) is 9.26. The maximum absolute atomic E-state index is 11.2. The predicted octanol–water partition coefficient (Wildman–Crippen LogP) is 5.51. The topological polar surface area (TPSA) is 26.3 Å². The summed E-state index contributed by atoms with van der Waals surface area (Å²) in [4.78, 5) is 11.2. The summed E-state index contributed by atoms with van der Waals surface area (Å²) in [6.45, 7) is 20.6. The molecule has 21 heavy (non-hydrogen) atoms. The summed E-state index contributed by atoms with van der Waals surface area (Å²) in [6.07, 6.45) is 3.25. The van der Waals surface area contributed by atoms with Crippen LogP contribution < -0.4 is 0 Å². The Balaban J connectivity index is 4.03. The molecule has 0 aliphatic carbocycles. The number of hydrogen-bond donors (Lipinski definition) is 0. The summed E-state index contributed by atoms with van der Waals surface area (Å²) in [7, 11) is -1.30. The van der Waals surface area contributed by atoms with Gasteiger partial charge in [-0.15, -0.1) is 13.2 Å². The molecule has 0 unspecified atom stereocenters. The zero-order valence-corrected chi connectivity index (χ0v) is 15.4. The first kappa shape index (κ1) is 19.9. The molecule has 0 spiro atoms. The standard InChI is InChI=1S/C18H32O2Si/c1-15(2)13-21(7,14-16(3)4)12-10-8-9-11-20-18(19)17(5)6/h1,3,5,8-14H2,2,4,6-7H3. The van der Waals surface area contributed by atoms with Crippen molar-refractivity contribution < 1.29 is 9.53 Å². The largest absolute Gasteiger partial charge is 0.462 e. The van der Waals surface area contributed by atoms with Crippen LogP contribution in [0.4, 0.5) is 0 Å². The first-order valence-electron chi connectivity index (χ1n) is 7.78. The maximum Gasteiger partial charge on any atom is 0.333 e. The van der Waals surface area contributed by atoms with Crippen LogP contribution in [0.2, 0.25) is 24.7 Å². The zero-order chi connectivity index (χ0) is 16.5. The van der Waals surface area contributed by atoms with Crippen LogP contribution in [0.15, 0.2) is 36.5 Å². The van der Waals surface area contributed by atoms with Crippen molar-refractivity contribution in [3.05, 3.63) is 36.5 Å². The predicted molar refractivity (Wildman–Crippen MR) is 95.3 cm³/mol. The number of ether oxygens (including phenoxy) is 1. The highest BCUT2D eigenvalue weighted by Gasteiger charge is 2.26. The number of carbonyl (C=O) groups is 1. The lowest BCUT2D eigenvalue weighted by Crippen LogP contribution is -2.30. The van der Waals surface area contributed by atoms with Crippen LogP contribution >= 0.6 is 0 Å². The molecule has 2 nitrogen and oxygen atoms in total. The summed E-state index contributed by atoms with van der Waals surface area (Å²) in [5.74, 6) is -0.279. The van der Waals surface area contributed by atoms with Gasteiger partial charge in [-0.25, -0.2) is 4.79 Å². The molecule has 0 aromatic rings. The van der Waals surface area contributed by atoms with Gasteiger partial charge in [-0.05, 0) is 39.3 Å². The van der Waals surface area contributed by atoms with Crippen molar-refractivity contribution in [2.45, 2.75) is 64.7 Å². The molecule has 3 heteroatoms. The second kappa shape index (κ2) is 9.77. The van der Waals surface area contributed by atoms with Gasteiger partial charge in [0.2, 0.25) is 0 Å². The minimum absolute atomic E-state index is 0.279. The average molecular weight is 309 g/mol. The molecule has 120 valence electrons. The molecule has 0 fully saturated rings. The summed E-state index contributed by atoms with van der Waals surface area (Å²) in [5, 5.41) is 0. The van der Waals surface area contributed by atoms with Gasteiger partial charge in [0.25, 0.3) is 0 Å². The fraction of sp³-hybridized carbons (Fsp3) is 0.611. The fourth-order valence-electron chi connectivity index (χ4n) is 2.82. The van der Waals surface area contributed by atoms with Crippen LogP contribution in [0, 0.1) is 0 Å². The normalized spacial score (nSPS) is 11.0. The van der Waals surface area contributed by atoms with E-state index in [0.29, 0.717) is 12.2 Å². The third-order valence-corrected chi connectivity index (χ3v) is 7.94. The lowest BCUT2D eigenvalue weighted by Gasteiger charge is -2.28. The van der Waals surface area contributed by atoms with Crippen molar-refractivity contribution in [2.24, 2.45) is 0 Å². The second-order valence-electron chi connectivity index (χ2n) is 6.81. The molecule has 0 aromatic carbocycles. The Labute approximate surface area is 132 Å². The molecule has 0 rings (SSSR count). The van der Waals surface area contributed by atoms with Crippen molar-refractivity contribution in [3.8, 4) is 0 Å². The summed E-state index contributed by atoms with van der Waals surface area (Å²) < 4.78 is 5.11. The van der Waals surface area contributed by atoms with Gasteiger partial charge < -0.3 is 4.74 Å². The van der Waals surface area contributed by atoms with Crippen LogP contribution in [-0.2, 0) is 9.53 Å². The molecule has 0 N–H and O–H groups in total.